The van der Waals surface area contributed by atoms with Gasteiger partial charge in [-0.15, -0.1) is 0 Å². The minimum atomic E-state index is 0.629. The molecule has 0 spiro atoms. The Morgan fingerprint density at radius 1 is 1.20 bits per heavy atom. The lowest BCUT2D eigenvalue weighted by atomic mass is 9.83. The molecule has 15 heavy (non-hydrogen) atoms. The van der Waals surface area contributed by atoms with Crippen molar-refractivity contribution in [3.63, 3.8) is 0 Å². The van der Waals surface area contributed by atoms with Gasteiger partial charge >= 0.3 is 0 Å². The Balaban J connectivity index is 2.21. The predicted octanol–water partition coefficient (Wildman–Crippen LogP) is 3.91. The molecule has 0 aromatic heterocycles. The summed E-state index contributed by atoms with van der Waals surface area (Å²) in [6.07, 6.45) is 6.22. The molecule has 1 aromatic carbocycles. The summed E-state index contributed by atoms with van der Waals surface area (Å²) in [6.45, 7) is 2.24. The topological polar surface area (TPSA) is 9.23 Å². The summed E-state index contributed by atoms with van der Waals surface area (Å²) in [7, 11) is 1.71. The lowest BCUT2D eigenvalue weighted by Gasteiger charge is -2.22. The highest BCUT2D eigenvalue weighted by Crippen LogP contribution is 2.34. The molecule has 0 amide bonds. The van der Waals surface area contributed by atoms with Crippen molar-refractivity contribution in [3.8, 4) is 5.75 Å². The number of ether oxygens (including phenoxy) is 1. The van der Waals surface area contributed by atoms with E-state index in [0.29, 0.717) is 5.92 Å². The molecule has 80 valence electrons. The van der Waals surface area contributed by atoms with Crippen molar-refractivity contribution in [2.75, 3.05) is 7.11 Å². The molecule has 1 heteroatoms. The van der Waals surface area contributed by atoms with Gasteiger partial charge < -0.3 is 4.74 Å². The molecule has 1 unspecified atom stereocenters. The van der Waals surface area contributed by atoms with Gasteiger partial charge in [0.05, 0.1) is 7.11 Å². The monoisotopic (exact) mass is 202 g/mol. The van der Waals surface area contributed by atoms with Crippen molar-refractivity contribution < 1.29 is 4.74 Å². The lowest BCUT2D eigenvalue weighted by molar-refractivity contribution is 0.414. The van der Waals surface area contributed by atoms with Gasteiger partial charge in [0.2, 0.25) is 0 Å². The quantitative estimate of drug-likeness (QED) is 0.661. The van der Waals surface area contributed by atoms with Crippen molar-refractivity contribution in [3.05, 3.63) is 41.5 Å². The number of allylic oxidation sites excluding steroid dienone is 2. The first-order valence-corrected chi connectivity index (χ1v) is 5.62. The van der Waals surface area contributed by atoms with Crippen LogP contribution in [0.1, 0.15) is 37.7 Å². The third kappa shape index (κ3) is 2.23. The molecule has 0 fully saturated rings. The number of hydrogen-bond acceptors (Lipinski definition) is 1. The molecule has 0 radical (unpaired) electrons. The highest BCUT2D eigenvalue weighted by Gasteiger charge is 2.15. The van der Waals surface area contributed by atoms with Gasteiger partial charge in [-0.25, -0.2) is 0 Å². The SMILES string of the molecule is COc1ccc(C2CCCC=C2C)cc1. The molecular weight excluding hydrogens is 184 g/mol. The summed E-state index contributed by atoms with van der Waals surface area (Å²) in [6, 6.07) is 8.48. The summed E-state index contributed by atoms with van der Waals surface area (Å²) in [5.41, 5.74) is 2.94. The van der Waals surface area contributed by atoms with Gasteiger partial charge in [0.15, 0.2) is 0 Å². The molecular formula is C14H18O. The largest absolute Gasteiger partial charge is 0.497 e. The summed E-state index contributed by atoms with van der Waals surface area (Å²) in [5.74, 6) is 1.57. The smallest absolute Gasteiger partial charge is 0.118 e. The minimum absolute atomic E-state index is 0.629. The number of benzene rings is 1. The van der Waals surface area contributed by atoms with Gasteiger partial charge in [-0.1, -0.05) is 23.8 Å². The zero-order valence-electron chi connectivity index (χ0n) is 9.49. The molecule has 1 aromatic rings. The Hall–Kier alpha value is -1.24. The molecule has 1 aliphatic carbocycles. The van der Waals surface area contributed by atoms with Crippen LogP contribution in [0, 0.1) is 0 Å². The maximum atomic E-state index is 5.17. The molecule has 1 atom stereocenters. The van der Waals surface area contributed by atoms with Crippen LogP contribution in [-0.4, -0.2) is 7.11 Å². The van der Waals surface area contributed by atoms with E-state index in [-0.39, 0.29) is 0 Å². The molecule has 0 bridgehead atoms. The average molecular weight is 202 g/mol. The lowest BCUT2D eigenvalue weighted by Crippen LogP contribution is -2.04. The normalized spacial score (nSPS) is 20.9. The summed E-state index contributed by atoms with van der Waals surface area (Å²) in [5, 5.41) is 0. The Kier molecular flexibility index (Phi) is 3.10. The Morgan fingerprint density at radius 3 is 2.53 bits per heavy atom. The third-order valence-electron chi connectivity index (χ3n) is 3.23. The molecule has 0 aliphatic heterocycles. The fraction of sp³-hybridized carbons (Fsp3) is 0.429. The van der Waals surface area contributed by atoms with Gasteiger partial charge in [0, 0.05) is 5.92 Å². The molecule has 0 heterocycles. The molecule has 2 rings (SSSR count). The Bertz CT molecular complexity index is 348. The van der Waals surface area contributed by atoms with Crippen molar-refractivity contribution in [1.29, 1.82) is 0 Å². The number of methoxy groups -OCH3 is 1. The van der Waals surface area contributed by atoms with E-state index in [9.17, 15) is 0 Å². The van der Waals surface area contributed by atoms with E-state index < -0.39 is 0 Å². The van der Waals surface area contributed by atoms with Gasteiger partial charge in [-0.05, 0) is 43.9 Å². The molecule has 1 aliphatic rings. The van der Waals surface area contributed by atoms with Crippen LogP contribution in [-0.2, 0) is 0 Å². The van der Waals surface area contributed by atoms with Crippen LogP contribution in [0.3, 0.4) is 0 Å². The Labute approximate surface area is 91.8 Å². The van der Waals surface area contributed by atoms with E-state index in [1.54, 1.807) is 7.11 Å². The molecule has 0 saturated carbocycles. The fourth-order valence-corrected chi connectivity index (χ4v) is 2.29. The van der Waals surface area contributed by atoms with Crippen LogP contribution in [0.2, 0.25) is 0 Å². The van der Waals surface area contributed by atoms with E-state index in [0.717, 1.165) is 5.75 Å². The first-order valence-electron chi connectivity index (χ1n) is 5.62. The Morgan fingerprint density at radius 2 is 1.93 bits per heavy atom. The summed E-state index contributed by atoms with van der Waals surface area (Å²) >= 11 is 0. The van der Waals surface area contributed by atoms with Crippen molar-refractivity contribution in [1.82, 2.24) is 0 Å². The average Bonchev–Trinajstić information content (AvgIpc) is 2.30. The van der Waals surface area contributed by atoms with Crippen LogP contribution in [0.15, 0.2) is 35.9 Å². The predicted molar refractivity (Wildman–Crippen MR) is 63.3 cm³/mol. The molecule has 0 saturated heterocycles. The maximum absolute atomic E-state index is 5.17. The van der Waals surface area contributed by atoms with E-state index in [1.165, 1.54) is 30.4 Å². The number of rotatable bonds is 2. The zero-order chi connectivity index (χ0) is 10.7. The van der Waals surface area contributed by atoms with Crippen LogP contribution < -0.4 is 4.74 Å². The van der Waals surface area contributed by atoms with E-state index in [2.05, 4.69) is 37.3 Å². The highest BCUT2D eigenvalue weighted by molar-refractivity contribution is 5.34. The van der Waals surface area contributed by atoms with Crippen LogP contribution in [0.25, 0.3) is 0 Å². The van der Waals surface area contributed by atoms with Gasteiger partial charge in [0.1, 0.15) is 5.75 Å². The first kappa shape index (κ1) is 10.3. The third-order valence-corrected chi connectivity index (χ3v) is 3.23. The van der Waals surface area contributed by atoms with Crippen molar-refractivity contribution >= 4 is 0 Å². The van der Waals surface area contributed by atoms with Gasteiger partial charge in [-0.2, -0.15) is 0 Å². The summed E-state index contributed by atoms with van der Waals surface area (Å²) in [4.78, 5) is 0. The van der Waals surface area contributed by atoms with E-state index in [4.69, 9.17) is 4.74 Å². The van der Waals surface area contributed by atoms with Crippen molar-refractivity contribution in [2.24, 2.45) is 0 Å². The van der Waals surface area contributed by atoms with Crippen LogP contribution in [0.4, 0.5) is 0 Å². The summed E-state index contributed by atoms with van der Waals surface area (Å²) < 4.78 is 5.17. The number of hydrogen-bond donors (Lipinski definition) is 0. The molecule has 0 N–H and O–H groups in total. The van der Waals surface area contributed by atoms with Crippen LogP contribution in [0.5, 0.6) is 5.75 Å². The zero-order valence-corrected chi connectivity index (χ0v) is 9.49. The second-order valence-electron chi connectivity index (χ2n) is 4.20. The van der Waals surface area contributed by atoms with Gasteiger partial charge in [-0.3, -0.25) is 0 Å². The maximum Gasteiger partial charge on any atom is 0.118 e. The molecule has 1 nitrogen and oxygen atoms in total. The standard InChI is InChI=1S/C14H18O/c1-11-5-3-4-6-14(11)12-7-9-13(15-2)10-8-12/h5,7-10,14H,3-4,6H2,1-2H3. The van der Waals surface area contributed by atoms with E-state index >= 15 is 0 Å². The highest BCUT2D eigenvalue weighted by atomic mass is 16.5. The second-order valence-corrected chi connectivity index (χ2v) is 4.20. The van der Waals surface area contributed by atoms with Gasteiger partial charge in [0.25, 0.3) is 0 Å². The fourth-order valence-electron chi connectivity index (χ4n) is 2.29. The second kappa shape index (κ2) is 4.52. The first-order chi connectivity index (χ1) is 7.31. The van der Waals surface area contributed by atoms with E-state index in [1.807, 2.05) is 0 Å². The van der Waals surface area contributed by atoms with Crippen molar-refractivity contribution in [2.45, 2.75) is 32.1 Å². The van der Waals surface area contributed by atoms with Crippen LogP contribution >= 0.6 is 0 Å². The minimum Gasteiger partial charge on any atom is -0.497 e.